The number of carboxylic acids is 1. The first kappa shape index (κ1) is 18.9. The van der Waals surface area contributed by atoms with E-state index in [-0.39, 0.29) is 25.4 Å². The van der Waals surface area contributed by atoms with Crippen LogP contribution in [0, 0.1) is 0 Å². The molecular formula is C18H25N3O4. The van der Waals surface area contributed by atoms with Gasteiger partial charge in [0.25, 0.3) is 0 Å². The molecule has 0 aliphatic carbocycles. The van der Waals surface area contributed by atoms with Gasteiger partial charge in [-0.1, -0.05) is 36.8 Å². The molecule has 0 aromatic heterocycles. The van der Waals surface area contributed by atoms with Crippen molar-refractivity contribution in [2.24, 2.45) is 5.73 Å². The highest BCUT2D eigenvalue weighted by Crippen LogP contribution is 2.17. The number of amides is 2. The van der Waals surface area contributed by atoms with Crippen molar-refractivity contribution in [1.29, 1.82) is 0 Å². The molecule has 1 heterocycles. The Labute approximate surface area is 147 Å². The van der Waals surface area contributed by atoms with E-state index in [4.69, 9.17) is 5.73 Å². The third-order valence-electron chi connectivity index (χ3n) is 4.43. The Kier molecular flexibility index (Phi) is 6.94. The second kappa shape index (κ2) is 9.17. The van der Waals surface area contributed by atoms with E-state index in [0.29, 0.717) is 19.5 Å². The van der Waals surface area contributed by atoms with Crippen LogP contribution in [-0.2, 0) is 20.9 Å². The molecule has 1 aliphatic rings. The van der Waals surface area contributed by atoms with Gasteiger partial charge >= 0.3 is 5.97 Å². The van der Waals surface area contributed by atoms with Gasteiger partial charge in [0.05, 0.1) is 6.54 Å². The molecule has 136 valence electrons. The first-order valence-electron chi connectivity index (χ1n) is 8.54. The summed E-state index contributed by atoms with van der Waals surface area (Å²) >= 11 is 0. The number of primary amides is 1. The molecule has 3 N–H and O–H groups in total. The van der Waals surface area contributed by atoms with Gasteiger partial charge in [-0.05, 0) is 24.9 Å². The number of nitrogens with zero attached hydrogens (tertiary/aromatic N) is 2. The molecule has 25 heavy (non-hydrogen) atoms. The van der Waals surface area contributed by atoms with Crippen molar-refractivity contribution in [3.63, 3.8) is 0 Å². The number of nitrogens with two attached hydrogens (primary N) is 1. The molecule has 1 aromatic carbocycles. The van der Waals surface area contributed by atoms with E-state index in [2.05, 4.69) is 0 Å². The van der Waals surface area contributed by atoms with Crippen LogP contribution in [0.4, 0.5) is 0 Å². The highest BCUT2D eigenvalue weighted by atomic mass is 16.4. The molecule has 1 aromatic rings. The molecule has 2 amide bonds. The number of carbonyl (C=O) groups is 3. The topological polar surface area (TPSA) is 104 Å². The fourth-order valence-electron chi connectivity index (χ4n) is 3.07. The quantitative estimate of drug-likeness (QED) is 0.725. The van der Waals surface area contributed by atoms with Gasteiger partial charge in [0.2, 0.25) is 11.8 Å². The smallest absolute Gasteiger partial charge is 0.320 e. The number of piperidine rings is 1. The number of rotatable bonds is 8. The third-order valence-corrected chi connectivity index (χ3v) is 4.43. The van der Waals surface area contributed by atoms with Crippen LogP contribution in [0.2, 0.25) is 0 Å². The average molecular weight is 347 g/mol. The van der Waals surface area contributed by atoms with Crippen LogP contribution in [0.25, 0.3) is 0 Å². The maximum atomic E-state index is 12.7. The molecule has 7 nitrogen and oxygen atoms in total. The SMILES string of the molecule is NC(=O)CCN(Cc1ccccc1)C(=O)CN1CCCCC1C(=O)O. The molecule has 0 bridgehead atoms. The second-order valence-electron chi connectivity index (χ2n) is 6.34. The predicted octanol–water partition coefficient (Wildman–Crippen LogP) is 0.830. The van der Waals surface area contributed by atoms with E-state index >= 15 is 0 Å². The van der Waals surface area contributed by atoms with Crippen LogP contribution >= 0.6 is 0 Å². The summed E-state index contributed by atoms with van der Waals surface area (Å²) < 4.78 is 0. The van der Waals surface area contributed by atoms with Gasteiger partial charge in [0, 0.05) is 19.5 Å². The second-order valence-corrected chi connectivity index (χ2v) is 6.34. The van der Waals surface area contributed by atoms with Crippen LogP contribution in [0.1, 0.15) is 31.2 Å². The standard InChI is InChI=1S/C18H25N3O4/c19-16(22)9-11-21(12-14-6-2-1-3-7-14)17(23)13-20-10-5-4-8-15(20)18(24)25/h1-3,6-7,15H,4-5,8-13H2,(H2,19,22)(H,24,25). The zero-order chi connectivity index (χ0) is 18.2. The fraction of sp³-hybridized carbons (Fsp3) is 0.500. The Morgan fingerprint density at radius 2 is 1.92 bits per heavy atom. The van der Waals surface area contributed by atoms with Crippen molar-refractivity contribution in [2.45, 2.75) is 38.3 Å². The van der Waals surface area contributed by atoms with Gasteiger partial charge < -0.3 is 15.7 Å². The van der Waals surface area contributed by atoms with Crippen molar-refractivity contribution in [3.05, 3.63) is 35.9 Å². The highest BCUT2D eigenvalue weighted by molar-refractivity contribution is 5.81. The monoisotopic (exact) mass is 347 g/mol. The summed E-state index contributed by atoms with van der Waals surface area (Å²) in [5, 5.41) is 9.34. The van der Waals surface area contributed by atoms with Crippen LogP contribution < -0.4 is 5.73 Å². The summed E-state index contributed by atoms with van der Waals surface area (Å²) in [6.07, 6.45) is 2.39. The predicted molar refractivity (Wildman–Crippen MR) is 92.5 cm³/mol. The first-order chi connectivity index (χ1) is 12.0. The Morgan fingerprint density at radius 3 is 2.56 bits per heavy atom. The highest BCUT2D eigenvalue weighted by Gasteiger charge is 2.30. The van der Waals surface area contributed by atoms with Gasteiger partial charge in [-0.25, -0.2) is 0 Å². The number of carboxylic acid groups (broad SMARTS) is 1. The summed E-state index contributed by atoms with van der Waals surface area (Å²) in [7, 11) is 0. The number of hydrogen-bond donors (Lipinski definition) is 2. The lowest BCUT2D eigenvalue weighted by atomic mass is 10.0. The van der Waals surface area contributed by atoms with Gasteiger partial charge in [-0.15, -0.1) is 0 Å². The summed E-state index contributed by atoms with van der Waals surface area (Å²) in [5.41, 5.74) is 6.17. The lowest BCUT2D eigenvalue weighted by molar-refractivity contribution is -0.146. The zero-order valence-corrected chi connectivity index (χ0v) is 14.3. The summed E-state index contributed by atoms with van der Waals surface area (Å²) in [4.78, 5) is 38.5. The van der Waals surface area contributed by atoms with Gasteiger partial charge in [-0.3, -0.25) is 19.3 Å². The fourth-order valence-corrected chi connectivity index (χ4v) is 3.07. The number of aliphatic carboxylic acids is 1. The molecule has 1 atom stereocenters. The molecule has 2 rings (SSSR count). The number of hydrogen-bond acceptors (Lipinski definition) is 4. The Hall–Kier alpha value is -2.41. The molecule has 7 heteroatoms. The molecular weight excluding hydrogens is 322 g/mol. The molecule has 0 saturated carbocycles. The van der Waals surface area contributed by atoms with Gasteiger partial charge in [0.1, 0.15) is 6.04 Å². The van der Waals surface area contributed by atoms with E-state index in [0.717, 1.165) is 18.4 Å². The zero-order valence-electron chi connectivity index (χ0n) is 14.3. The normalized spacial score (nSPS) is 17.8. The Bertz CT molecular complexity index is 606. The van der Waals surface area contributed by atoms with Crippen molar-refractivity contribution in [2.75, 3.05) is 19.6 Å². The molecule has 1 fully saturated rings. The van der Waals surface area contributed by atoms with E-state index < -0.39 is 17.9 Å². The third kappa shape index (κ3) is 5.86. The van der Waals surface area contributed by atoms with Crippen molar-refractivity contribution >= 4 is 17.8 Å². The minimum atomic E-state index is -0.890. The van der Waals surface area contributed by atoms with Crippen LogP contribution in [0.15, 0.2) is 30.3 Å². The molecule has 1 unspecified atom stereocenters. The van der Waals surface area contributed by atoms with Gasteiger partial charge in [0.15, 0.2) is 0 Å². The van der Waals surface area contributed by atoms with Crippen molar-refractivity contribution in [1.82, 2.24) is 9.80 Å². The molecule has 1 aliphatic heterocycles. The van der Waals surface area contributed by atoms with Crippen LogP contribution in [0.5, 0.6) is 0 Å². The Balaban J connectivity index is 2.05. The Morgan fingerprint density at radius 1 is 1.20 bits per heavy atom. The minimum Gasteiger partial charge on any atom is -0.480 e. The van der Waals surface area contributed by atoms with Crippen LogP contribution in [0.3, 0.4) is 0 Å². The van der Waals surface area contributed by atoms with E-state index in [1.807, 2.05) is 30.3 Å². The summed E-state index contributed by atoms with van der Waals surface area (Å²) in [5.74, 6) is -1.54. The van der Waals surface area contributed by atoms with Crippen molar-refractivity contribution in [3.8, 4) is 0 Å². The largest absolute Gasteiger partial charge is 0.480 e. The lowest BCUT2D eigenvalue weighted by Crippen LogP contribution is -2.50. The van der Waals surface area contributed by atoms with Gasteiger partial charge in [-0.2, -0.15) is 0 Å². The maximum Gasteiger partial charge on any atom is 0.320 e. The molecule has 0 spiro atoms. The van der Waals surface area contributed by atoms with Crippen LogP contribution in [-0.4, -0.2) is 58.4 Å². The molecule has 1 saturated heterocycles. The average Bonchev–Trinajstić information content (AvgIpc) is 2.59. The summed E-state index contributed by atoms with van der Waals surface area (Å²) in [6, 6.07) is 8.86. The number of likely N-dealkylation sites (tertiary alicyclic amines) is 1. The maximum absolute atomic E-state index is 12.7. The first-order valence-corrected chi connectivity index (χ1v) is 8.54. The molecule has 0 radical (unpaired) electrons. The minimum absolute atomic E-state index is 0.0442. The van der Waals surface area contributed by atoms with E-state index in [1.165, 1.54) is 0 Å². The number of carbonyl (C=O) groups excluding carboxylic acids is 2. The number of benzene rings is 1. The summed E-state index contributed by atoms with van der Waals surface area (Å²) in [6.45, 7) is 1.24. The van der Waals surface area contributed by atoms with Crippen molar-refractivity contribution < 1.29 is 19.5 Å². The van der Waals surface area contributed by atoms with E-state index in [1.54, 1.807) is 9.80 Å². The van der Waals surface area contributed by atoms with E-state index in [9.17, 15) is 19.5 Å². The lowest BCUT2D eigenvalue weighted by Gasteiger charge is -2.34.